The molecule has 19 heavy (non-hydrogen) atoms. The second-order valence-corrected chi connectivity index (χ2v) is 2.62. The Hall–Kier alpha value is 1.19. The molecule has 0 fully saturated rings. The number of carbonyl (C=O) groups is 3. The summed E-state index contributed by atoms with van der Waals surface area (Å²) in [5, 5.41) is 38.9. The van der Waals surface area contributed by atoms with Gasteiger partial charge < -0.3 is 34.8 Å². The predicted molar refractivity (Wildman–Crippen MR) is 38.1 cm³/mol. The topological polar surface area (TPSA) is 175 Å². The van der Waals surface area contributed by atoms with Gasteiger partial charge in [0.25, 0.3) is 0 Å². The van der Waals surface area contributed by atoms with Gasteiger partial charge in [-0.1, -0.05) is 0 Å². The smallest absolute Gasteiger partial charge is 0.550 e. The fourth-order valence-corrected chi connectivity index (χ4v) is 0.684. The second kappa shape index (κ2) is 17.2. The van der Waals surface area contributed by atoms with Crippen molar-refractivity contribution in [3.63, 3.8) is 0 Å². The maximum Gasteiger partial charge on any atom is 1.00 e. The Morgan fingerprint density at radius 3 is 1.21 bits per heavy atom. The van der Waals surface area contributed by atoms with E-state index in [0.29, 0.717) is 0 Å². The Morgan fingerprint density at radius 2 is 1.11 bits per heavy atom. The minimum atomic E-state index is -2.97. The molecule has 0 spiro atoms. The largest absolute Gasteiger partial charge is 1.00 e. The molecular weight excluding hydrogens is 317 g/mol. The third-order valence-electron chi connectivity index (χ3n) is 1.25. The molecular formula is C6H5Na3O9S. The minimum Gasteiger partial charge on any atom is -0.550 e. The van der Waals surface area contributed by atoms with Gasteiger partial charge >= 0.3 is 100 Å². The van der Waals surface area contributed by atoms with Gasteiger partial charge in [-0.2, -0.15) is 8.42 Å². The van der Waals surface area contributed by atoms with Crippen LogP contribution < -0.4 is 104 Å². The number of aliphatic carboxylic acids is 3. The van der Waals surface area contributed by atoms with E-state index in [9.17, 15) is 29.7 Å². The van der Waals surface area contributed by atoms with E-state index < -0.39 is 47.9 Å². The number of rotatable bonds is 5. The van der Waals surface area contributed by atoms with E-state index in [1.54, 1.807) is 0 Å². The SMILES string of the molecule is O=C([O-])CC(O)(CC(=O)[O-])C(=O)[O-].O=S=O.[Na+].[Na+].[Na+]. The van der Waals surface area contributed by atoms with Gasteiger partial charge in [-0.05, 0) is 0 Å². The van der Waals surface area contributed by atoms with Gasteiger partial charge in [0.05, 0.1) is 5.97 Å². The van der Waals surface area contributed by atoms with Crippen LogP contribution in [0.2, 0.25) is 0 Å². The van der Waals surface area contributed by atoms with Crippen LogP contribution in [0, 0.1) is 0 Å². The van der Waals surface area contributed by atoms with Crippen LogP contribution in [-0.2, 0) is 26.0 Å². The Labute approximate surface area is 177 Å². The van der Waals surface area contributed by atoms with E-state index in [2.05, 4.69) is 0 Å². The molecule has 0 rings (SSSR count). The molecule has 92 valence electrons. The molecule has 1 N–H and O–H groups in total. The molecule has 0 heterocycles. The molecule has 0 aromatic carbocycles. The molecule has 0 aliphatic heterocycles. The van der Waals surface area contributed by atoms with Crippen LogP contribution in [0.5, 0.6) is 0 Å². The van der Waals surface area contributed by atoms with Crippen LogP contribution >= 0.6 is 0 Å². The van der Waals surface area contributed by atoms with Gasteiger partial charge in [0.1, 0.15) is 5.60 Å². The van der Waals surface area contributed by atoms with E-state index in [0.717, 1.165) is 0 Å². The first kappa shape index (κ1) is 32.2. The Balaban J connectivity index is -0.0000000992. The van der Waals surface area contributed by atoms with E-state index in [4.69, 9.17) is 13.5 Å². The fourth-order valence-electron chi connectivity index (χ4n) is 0.684. The summed E-state index contributed by atoms with van der Waals surface area (Å²) in [6.07, 6.45) is -2.72. The Kier molecular flexibility index (Phi) is 29.2. The molecule has 0 aromatic rings. The van der Waals surface area contributed by atoms with Crippen molar-refractivity contribution in [3.8, 4) is 0 Å². The molecule has 0 aliphatic rings. The number of carboxylic acids is 3. The molecule has 0 atom stereocenters. The molecule has 0 radical (unpaired) electrons. The average Bonchev–Trinajstić information content (AvgIpc) is 2.01. The Morgan fingerprint density at radius 1 is 0.895 bits per heavy atom. The first-order chi connectivity index (χ1) is 7.19. The van der Waals surface area contributed by atoms with Crippen LogP contribution in [0.25, 0.3) is 0 Å². The van der Waals surface area contributed by atoms with Gasteiger partial charge in [-0.3, -0.25) is 0 Å². The van der Waals surface area contributed by atoms with Crippen LogP contribution in [0.4, 0.5) is 0 Å². The summed E-state index contributed by atoms with van der Waals surface area (Å²) in [6.45, 7) is 0. The van der Waals surface area contributed by atoms with Crippen molar-refractivity contribution in [3.05, 3.63) is 0 Å². The van der Waals surface area contributed by atoms with Gasteiger partial charge in [-0.15, -0.1) is 0 Å². The van der Waals surface area contributed by atoms with Crippen molar-refractivity contribution in [2.24, 2.45) is 0 Å². The maximum absolute atomic E-state index is 10.1. The normalized spacial score (nSPS) is 8.05. The number of aliphatic hydroxyl groups is 1. The summed E-state index contributed by atoms with van der Waals surface area (Å²) < 4.78 is 16.6. The van der Waals surface area contributed by atoms with Crippen molar-refractivity contribution in [2.45, 2.75) is 18.4 Å². The maximum atomic E-state index is 10.1. The van der Waals surface area contributed by atoms with E-state index in [1.165, 1.54) is 0 Å². The zero-order valence-corrected chi connectivity index (χ0v) is 17.4. The van der Waals surface area contributed by atoms with Crippen LogP contribution in [0.15, 0.2) is 0 Å². The summed E-state index contributed by atoms with van der Waals surface area (Å²) in [6, 6.07) is 0. The molecule has 0 amide bonds. The number of carbonyl (C=O) groups excluding carboxylic acids is 3. The van der Waals surface area contributed by atoms with E-state index in [1.807, 2.05) is 0 Å². The third-order valence-corrected chi connectivity index (χ3v) is 1.25. The van der Waals surface area contributed by atoms with Gasteiger partial charge in [0, 0.05) is 24.8 Å². The van der Waals surface area contributed by atoms with Crippen molar-refractivity contribution in [2.75, 3.05) is 0 Å². The molecule has 0 saturated carbocycles. The zero-order chi connectivity index (χ0) is 13.4. The first-order valence-electron chi connectivity index (χ1n) is 3.45. The molecule has 0 aromatic heterocycles. The van der Waals surface area contributed by atoms with Crippen LogP contribution in [0.1, 0.15) is 12.8 Å². The van der Waals surface area contributed by atoms with Gasteiger partial charge in [-0.25, -0.2) is 0 Å². The summed E-state index contributed by atoms with van der Waals surface area (Å²) in [4.78, 5) is 30.0. The number of hydrogen-bond acceptors (Lipinski definition) is 9. The average molecular weight is 322 g/mol. The fraction of sp³-hybridized carbons (Fsp3) is 0.500. The predicted octanol–water partition coefficient (Wildman–Crippen LogP) is -14.9. The molecule has 0 bridgehead atoms. The van der Waals surface area contributed by atoms with Crippen molar-refractivity contribution < 1.29 is 132 Å². The minimum absolute atomic E-state index is 0. The van der Waals surface area contributed by atoms with E-state index in [-0.39, 0.29) is 88.7 Å². The Bertz CT molecular complexity index is 312. The quantitative estimate of drug-likeness (QED) is 0.481. The summed E-state index contributed by atoms with van der Waals surface area (Å²) in [5.74, 6) is -5.98. The summed E-state index contributed by atoms with van der Waals surface area (Å²) in [7, 11) is 0. The van der Waals surface area contributed by atoms with Gasteiger partial charge in [0.2, 0.25) is 0 Å². The second-order valence-electron chi connectivity index (χ2n) is 2.48. The molecule has 0 aliphatic carbocycles. The van der Waals surface area contributed by atoms with Gasteiger partial charge in [0.15, 0.2) is 0 Å². The van der Waals surface area contributed by atoms with Crippen molar-refractivity contribution in [1.82, 2.24) is 0 Å². The summed E-state index contributed by atoms with van der Waals surface area (Å²) >= 11 is -0.750. The molecule has 13 heteroatoms. The monoisotopic (exact) mass is 322 g/mol. The molecule has 0 saturated heterocycles. The number of carboxylic acid groups (broad SMARTS) is 3. The van der Waals surface area contributed by atoms with Crippen molar-refractivity contribution >= 4 is 29.5 Å². The van der Waals surface area contributed by atoms with E-state index >= 15 is 0 Å². The summed E-state index contributed by atoms with van der Waals surface area (Å²) in [5.41, 5.74) is -2.97. The standard InChI is InChI=1S/C6H8O7.3Na.O2S/c7-3(8)1-6(13,5(11)12)2-4(9)10;;;;1-3-2/h13H,1-2H2,(H,7,8)(H,9,10)(H,11,12);;;;/q;3*+1;/p-3. The zero-order valence-electron chi connectivity index (χ0n) is 10.5. The third kappa shape index (κ3) is 19.2. The van der Waals surface area contributed by atoms with Crippen LogP contribution in [0.3, 0.4) is 0 Å². The first-order valence-corrected chi connectivity index (χ1v) is 4.11. The van der Waals surface area contributed by atoms with Crippen LogP contribution in [-0.4, -0.2) is 37.0 Å². The van der Waals surface area contributed by atoms with Crippen molar-refractivity contribution in [1.29, 1.82) is 0 Å². The molecule has 9 nitrogen and oxygen atoms in total. The number of hydrogen-bond donors (Lipinski definition) is 1. The molecule has 0 unspecified atom stereocenters.